The van der Waals surface area contributed by atoms with Gasteiger partial charge in [0.05, 0.1) is 10.6 Å². The number of amides is 2. The summed E-state index contributed by atoms with van der Waals surface area (Å²) in [4.78, 5) is 23.9. The Morgan fingerprint density at radius 3 is 2.79 bits per heavy atom. The number of hydrogen-bond acceptors (Lipinski definition) is 3. The summed E-state index contributed by atoms with van der Waals surface area (Å²) in [6, 6.07) is 4.98. The quantitative estimate of drug-likeness (QED) is 0.686. The maximum Gasteiger partial charge on any atom is 0.252 e. The first-order chi connectivity index (χ1) is 11.1. The van der Waals surface area contributed by atoms with Gasteiger partial charge in [0, 0.05) is 18.7 Å². The van der Waals surface area contributed by atoms with Crippen molar-refractivity contribution in [3.63, 3.8) is 0 Å². The maximum atomic E-state index is 12.0. The lowest BCUT2D eigenvalue weighted by Gasteiger charge is -2.10. The van der Waals surface area contributed by atoms with E-state index in [1.807, 2.05) is 6.92 Å². The molecule has 1 aliphatic rings. The summed E-state index contributed by atoms with van der Waals surface area (Å²) in [5.74, 6) is 0.383. The van der Waals surface area contributed by atoms with E-state index in [-0.39, 0.29) is 24.2 Å². The average molecular weight is 374 g/mol. The second-order valence-electron chi connectivity index (χ2n) is 5.90. The van der Waals surface area contributed by atoms with E-state index in [4.69, 9.17) is 11.6 Å². The SMILES string of the molecule is CCCNC(=O)c1ccc(NC(=O)CCC2CCNC2)cc1Cl.Cl. The first-order valence-corrected chi connectivity index (χ1v) is 8.56. The van der Waals surface area contributed by atoms with Gasteiger partial charge in [0.15, 0.2) is 0 Å². The lowest BCUT2D eigenvalue weighted by atomic mass is 10.0. The Morgan fingerprint density at radius 2 is 2.17 bits per heavy atom. The zero-order valence-corrected chi connectivity index (χ0v) is 15.4. The predicted molar refractivity (Wildman–Crippen MR) is 100 cm³/mol. The van der Waals surface area contributed by atoms with Crippen molar-refractivity contribution in [1.82, 2.24) is 10.6 Å². The summed E-state index contributed by atoms with van der Waals surface area (Å²) in [6.07, 6.45) is 3.40. The molecular formula is C17H25Cl2N3O2. The van der Waals surface area contributed by atoms with Gasteiger partial charge in [0.25, 0.3) is 5.91 Å². The molecule has 24 heavy (non-hydrogen) atoms. The number of rotatable bonds is 7. The fourth-order valence-corrected chi connectivity index (χ4v) is 2.90. The van der Waals surface area contributed by atoms with Crippen molar-refractivity contribution in [2.75, 3.05) is 25.0 Å². The van der Waals surface area contributed by atoms with E-state index in [2.05, 4.69) is 16.0 Å². The van der Waals surface area contributed by atoms with Crippen molar-refractivity contribution >= 4 is 41.5 Å². The van der Waals surface area contributed by atoms with Gasteiger partial charge in [-0.1, -0.05) is 18.5 Å². The summed E-state index contributed by atoms with van der Waals surface area (Å²) in [5, 5.41) is 9.27. The smallest absolute Gasteiger partial charge is 0.252 e. The van der Waals surface area contributed by atoms with Crippen molar-refractivity contribution in [2.24, 2.45) is 5.92 Å². The van der Waals surface area contributed by atoms with Crippen LogP contribution in [0.2, 0.25) is 5.02 Å². The van der Waals surface area contributed by atoms with Gasteiger partial charge < -0.3 is 16.0 Å². The number of anilines is 1. The van der Waals surface area contributed by atoms with Crippen LogP contribution in [0.15, 0.2) is 18.2 Å². The molecule has 1 aromatic rings. The largest absolute Gasteiger partial charge is 0.352 e. The second-order valence-corrected chi connectivity index (χ2v) is 6.30. The van der Waals surface area contributed by atoms with E-state index in [9.17, 15) is 9.59 Å². The van der Waals surface area contributed by atoms with E-state index >= 15 is 0 Å². The van der Waals surface area contributed by atoms with Crippen molar-refractivity contribution in [3.05, 3.63) is 28.8 Å². The standard InChI is InChI=1S/C17H24ClN3O2.ClH/c1-2-8-20-17(23)14-5-4-13(10-15(14)18)21-16(22)6-3-12-7-9-19-11-12;/h4-5,10,12,19H,2-3,6-9,11H2,1H3,(H,20,23)(H,21,22);1H. The third-order valence-corrected chi connectivity index (χ3v) is 4.29. The molecule has 0 aliphatic carbocycles. The molecule has 1 saturated heterocycles. The Morgan fingerprint density at radius 1 is 1.38 bits per heavy atom. The Bertz CT molecular complexity index is 561. The van der Waals surface area contributed by atoms with E-state index in [1.54, 1.807) is 18.2 Å². The lowest BCUT2D eigenvalue weighted by Crippen LogP contribution is -2.24. The molecule has 0 saturated carbocycles. The normalized spacial score (nSPS) is 16.3. The van der Waals surface area contributed by atoms with E-state index < -0.39 is 0 Å². The van der Waals surface area contributed by atoms with Crippen LogP contribution in [0.3, 0.4) is 0 Å². The average Bonchev–Trinajstić information content (AvgIpc) is 3.04. The molecule has 5 nitrogen and oxygen atoms in total. The van der Waals surface area contributed by atoms with Crippen LogP contribution in [0.1, 0.15) is 43.0 Å². The Balaban J connectivity index is 0.00000288. The highest BCUT2D eigenvalue weighted by molar-refractivity contribution is 6.34. The van der Waals surface area contributed by atoms with Crippen molar-refractivity contribution < 1.29 is 9.59 Å². The number of nitrogens with one attached hydrogen (secondary N) is 3. The van der Waals surface area contributed by atoms with Gasteiger partial charge >= 0.3 is 0 Å². The molecule has 7 heteroatoms. The van der Waals surface area contributed by atoms with Crippen LogP contribution in [0.4, 0.5) is 5.69 Å². The van der Waals surface area contributed by atoms with Crippen LogP contribution >= 0.6 is 24.0 Å². The maximum absolute atomic E-state index is 12.0. The van der Waals surface area contributed by atoms with Crippen LogP contribution in [-0.4, -0.2) is 31.4 Å². The van der Waals surface area contributed by atoms with Gasteiger partial charge in [-0.15, -0.1) is 12.4 Å². The molecule has 2 rings (SSSR count). The van der Waals surface area contributed by atoms with Crippen LogP contribution in [0.5, 0.6) is 0 Å². The number of hydrogen-bond donors (Lipinski definition) is 3. The number of carbonyl (C=O) groups is 2. The van der Waals surface area contributed by atoms with Crippen LogP contribution < -0.4 is 16.0 Å². The molecule has 1 aliphatic heterocycles. The topological polar surface area (TPSA) is 70.2 Å². The molecule has 1 atom stereocenters. The lowest BCUT2D eigenvalue weighted by molar-refractivity contribution is -0.116. The minimum absolute atomic E-state index is 0. The van der Waals surface area contributed by atoms with Gasteiger partial charge in [0.1, 0.15) is 0 Å². The summed E-state index contributed by atoms with van der Waals surface area (Å²) in [7, 11) is 0. The van der Waals surface area contributed by atoms with Crippen LogP contribution in [0, 0.1) is 5.92 Å². The molecule has 0 spiro atoms. The molecule has 1 heterocycles. The van der Waals surface area contributed by atoms with Crippen molar-refractivity contribution in [3.8, 4) is 0 Å². The fraction of sp³-hybridized carbons (Fsp3) is 0.529. The summed E-state index contributed by atoms with van der Waals surface area (Å²) in [5.41, 5.74) is 1.05. The number of halogens is 2. The van der Waals surface area contributed by atoms with E-state index in [1.165, 1.54) is 0 Å². The molecule has 1 unspecified atom stereocenters. The van der Waals surface area contributed by atoms with Crippen molar-refractivity contribution in [2.45, 2.75) is 32.6 Å². The summed E-state index contributed by atoms with van der Waals surface area (Å²) in [6.45, 7) is 4.65. The Labute approximate surface area is 154 Å². The van der Waals surface area contributed by atoms with Gasteiger partial charge in [0.2, 0.25) is 5.91 Å². The molecule has 0 aromatic heterocycles. The molecular weight excluding hydrogens is 349 g/mol. The highest BCUT2D eigenvalue weighted by Crippen LogP contribution is 2.22. The van der Waals surface area contributed by atoms with Gasteiger partial charge in [-0.05, 0) is 56.5 Å². The molecule has 134 valence electrons. The van der Waals surface area contributed by atoms with Gasteiger partial charge in [-0.25, -0.2) is 0 Å². The minimum Gasteiger partial charge on any atom is -0.352 e. The summed E-state index contributed by atoms with van der Waals surface area (Å²) < 4.78 is 0. The van der Waals surface area contributed by atoms with Crippen LogP contribution in [-0.2, 0) is 4.79 Å². The zero-order valence-electron chi connectivity index (χ0n) is 13.9. The predicted octanol–water partition coefficient (Wildman–Crippen LogP) is 3.23. The number of benzene rings is 1. The first kappa shape index (κ1) is 20.7. The van der Waals surface area contributed by atoms with Gasteiger partial charge in [-0.2, -0.15) is 0 Å². The highest BCUT2D eigenvalue weighted by Gasteiger charge is 2.16. The molecule has 1 aromatic carbocycles. The third-order valence-electron chi connectivity index (χ3n) is 3.98. The first-order valence-electron chi connectivity index (χ1n) is 8.18. The minimum atomic E-state index is -0.191. The molecule has 0 radical (unpaired) electrons. The van der Waals surface area contributed by atoms with Gasteiger partial charge in [-0.3, -0.25) is 9.59 Å². The second kappa shape index (κ2) is 10.5. The van der Waals surface area contributed by atoms with Crippen LogP contribution in [0.25, 0.3) is 0 Å². The Kier molecular flexibility index (Phi) is 9.11. The number of carbonyl (C=O) groups excluding carboxylic acids is 2. The molecule has 3 N–H and O–H groups in total. The van der Waals surface area contributed by atoms with E-state index in [0.29, 0.717) is 35.2 Å². The summed E-state index contributed by atoms with van der Waals surface area (Å²) >= 11 is 6.15. The Hall–Kier alpha value is -1.30. The highest BCUT2D eigenvalue weighted by atomic mass is 35.5. The molecule has 1 fully saturated rings. The monoisotopic (exact) mass is 373 g/mol. The third kappa shape index (κ3) is 6.30. The molecule has 0 bridgehead atoms. The zero-order chi connectivity index (χ0) is 16.7. The van der Waals surface area contributed by atoms with E-state index in [0.717, 1.165) is 32.4 Å². The fourth-order valence-electron chi connectivity index (χ4n) is 2.63. The molecule has 2 amide bonds. The van der Waals surface area contributed by atoms with Crippen molar-refractivity contribution in [1.29, 1.82) is 0 Å².